The molecule has 0 aromatic heterocycles. The van der Waals surface area contributed by atoms with Gasteiger partial charge in [0.25, 0.3) is 0 Å². The second kappa shape index (κ2) is 10.4. The van der Waals surface area contributed by atoms with Crippen LogP contribution in [0.5, 0.6) is 11.5 Å². The SMILES string of the molecule is COc1ccc(Br)c(CNCCc2ccccc2F)c1OCc1ccc(F)cc1. The third-order valence-electron chi connectivity index (χ3n) is 4.51. The summed E-state index contributed by atoms with van der Waals surface area (Å²) in [7, 11) is 1.59. The molecule has 0 bridgehead atoms. The summed E-state index contributed by atoms with van der Waals surface area (Å²) < 4.78 is 39.2. The van der Waals surface area contributed by atoms with Crippen LogP contribution < -0.4 is 14.8 Å². The van der Waals surface area contributed by atoms with Crippen LogP contribution in [0.4, 0.5) is 8.78 Å². The fourth-order valence-electron chi connectivity index (χ4n) is 2.94. The van der Waals surface area contributed by atoms with Gasteiger partial charge in [-0.1, -0.05) is 46.3 Å². The lowest BCUT2D eigenvalue weighted by Crippen LogP contribution is -2.18. The van der Waals surface area contributed by atoms with E-state index >= 15 is 0 Å². The zero-order chi connectivity index (χ0) is 20.6. The summed E-state index contributed by atoms with van der Waals surface area (Å²) in [6.07, 6.45) is 0.583. The van der Waals surface area contributed by atoms with Gasteiger partial charge in [0.05, 0.1) is 7.11 Å². The Kier molecular flexibility index (Phi) is 7.61. The quantitative estimate of drug-likeness (QED) is 0.417. The molecule has 3 rings (SSSR count). The molecule has 0 atom stereocenters. The van der Waals surface area contributed by atoms with E-state index in [2.05, 4.69) is 21.2 Å². The van der Waals surface area contributed by atoms with Crippen molar-refractivity contribution in [3.05, 3.63) is 93.5 Å². The Balaban J connectivity index is 1.68. The summed E-state index contributed by atoms with van der Waals surface area (Å²) in [6.45, 7) is 1.42. The molecular weight excluding hydrogens is 440 g/mol. The topological polar surface area (TPSA) is 30.5 Å². The number of hydrogen-bond acceptors (Lipinski definition) is 3. The van der Waals surface area contributed by atoms with Crippen molar-refractivity contribution in [1.29, 1.82) is 0 Å². The number of benzene rings is 3. The zero-order valence-electron chi connectivity index (χ0n) is 16.1. The molecule has 0 aliphatic rings. The minimum Gasteiger partial charge on any atom is -0.493 e. The van der Waals surface area contributed by atoms with Crippen LogP contribution in [-0.2, 0) is 19.6 Å². The highest BCUT2D eigenvalue weighted by atomic mass is 79.9. The van der Waals surface area contributed by atoms with Crippen LogP contribution in [0.1, 0.15) is 16.7 Å². The first kappa shape index (κ1) is 21.3. The van der Waals surface area contributed by atoms with Crippen LogP contribution in [0.2, 0.25) is 0 Å². The third kappa shape index (κ3) is 5.78. The highest BCUT2D eigenvalue weighted by molar-refractivity contribution is 9.10. The molecule has 0 heterocycles. The lowest BCUT2D eigenvalue weighted by molar-refractivity contribution is 0.280. The van der Waals surface area contributed by atoms with Crippen molar-refractivity contribution in [3.8, 4) is 11.5 Å². The maximum absolute atomic E-state index is 13.8. The minimum atomic E-state index is -0.284. The van der Waals surface area contributed by atoms with Gasteiger partial charge < -0.3 is 14.8 Å². The second-order valence-corrected chi connectivity index (χ2v) is 7.34. The molecular formula is C23H22BrF2NO2. The third-order valence-corrected chi connectivity index (χ3v) is 5.26. The smallest absolute Gasteiger partial charge is 0.167 e. The van der Waals surface area contributed by atoms with E-state index in [1.165, 1.54) is 18.2 Å². The van der Waals surface area contributed by atoms with Gasteiger partial charge in [-0.15, -0.1) is 0 Å². The number of ether oxygens (including phenoxy) is 2. The molecule has 152 valence electrons. The summed E-state index contributed by atoms with van der Waals surface area (Å²) >= 11 is 3.57. The summed E-state index contributed by atoms with van der Waals surface area (Å²) in [5.41, 5.74) is 2.43. The minimum absolute atomic E-state index is 0.194. The van der Waals surface area contributed by atoms with Gasteiger partial charge in [0, 0.05) is 16.6 Å². The van der Waals surface area contributed by atoms with Crippen molar-refractivity contribution in [2.75, 3.05) is 13.7 Å². The van der Waals surface area contributed by atoms with E-state index in [9.17, 15) is 8.78 Å². The molecule has 0 aliphatic carbocycles. The molecule has 3 aromatic carbocycles. The van der Waals surface area contributed by atoms with Gasteiger partial charge >= 0.3 is 0 Å². The molecule has 6 heteroatoms. The second-order valence-electron chi connectivity index (χ2n) is 6.49. The summed E-state index contributed by atoms with van der Waals surface area (Å²) in [5.74, 6) is 0.750. The number of halogens is 3. The van der Waals surface area contributed by atoms with Crippen LogP contribution in [0.15, 0.2) is 65.1 Å². The van der Waals surface area contributed by atoms with Crippen LogP contribution in [0, 0.1) is 11.6 Å². The van der Waals surface area contributed by atoms with Gasteiger partial charge in [0.1, 0.15) is 18.2 Å². The Bertz CT molecular complexity index is 948. The zero-order valence-corrected chi connectivity index (χ0v) is 17.6. The summed E-state index contributed by atoms with van der Waals surface area (Å²) in [6, 6.07) is 16.7. The molecule has 0 amide bonds. The first-order valence-electron chi connectivity index (χ1n) is 9.25. The average Bonchev–Trinajstić information content (AvgIpc) is 2.73. The Labute approximate surface area is 177 Å². The lowest BCUT2D eigenvalue weighted by atomic mass is 10.1. The molecule has 0 radical (unpaired) electrons. The Hall–Kier alpha value is -2.44. The van der Waals surface area contributed by atoms with Gasteiger partial charge in [0.15, 0.2) is 11.5 Å². The molecule has 0 spiro atoms. The summed E-state index contributed by atoms with van der Waals surface area (Å²) in [4.78, 5) is 0. The Morgan fingerprint density at radius 3 is 2.45 bits per heavy atom. The predicted molar refractivity (Wildman–Crippen MR) is 113 cm³/mol. The van der Waals surface area contributed by atoms with Crippen LogP contribution in [0.25, 0.3) is 0 Å². The highest BCUT2D eigenvalue weighted by Gasteiger charge is 2.15. The monoisotopic (exact) mass is 461 g/mol. The molecule has 0 saturated heterocycles. The van der Waals surface area contributed by atoms with Gasteiger partial charge in [0.2, 0.25) is 0 Å². The fourth-order valence-corrected chi connectivity index (χ4v) is 3.39. The molecule has 0 unspecified atom stereocenters. The Morgan fingerprint density at radius 2 is 1.72 bits per heavy atom. The highest BCUT2D eigenvalue weighted by Crippen LogP contribution is 2.36. The van der Waals surface area contributed by atoms with E-state index in [1.54, 1.807) is 31.4 Å². The van der Waals surface area contributed by atoms with Gasteiger partial charge in [-0.2, -0.15) is 0 Å². The standard InChI is InChI=1S/C23H22BrF2NO2/c1-28-22-11-10-20(24)19(14-27-13-12-17-4-2-3-5-21(17)26)23(22)29-15-16-6-8-18(25)9-7-16/h2-11,27H,12-15H2,1H3. The molecule has 3 aromatic rings. The molecule has 3 nitrogen and oxygen atoms in total. The van der Waals surface area contributed by atoms with E-state index < -0.39 is 0 Å². The first-order valence-corrected chi connectivity index (χ1v) is 10.0. The maximum atomic E-state index is 13.8. The van der Waals surface area contributed by atoms with Crippen molar-refractivity contribution in [3.63, 3.8) is 0 Å². The fraction of sp³-hybridized carbons (Fsp3) is 0.217. The molecule has 0 aliphatic heterocycles. The molecule has 1 N–H and O–H groups in total. The lowest BCUT2D eigenvalue weighted by Gasteiger charge is -2.17. The number of hydrogen-bond donors (Lipinski definition) is 1. The number of nitrogens with one attached hydrogen (secondary N) is 1. The molecule has 0 saturated carbocycles. The number of methoxy groups -OCH3 is 1. The number of rotatable bonds is 9. The van der Waals surface area contributed by atoms with Crippen molar-refractivity contribution in [2.45, 2.75) is 19.6 Å². The van der Waals surface area contributed by atoms with Crippen molar-refractivity contribution >= 4 is 15.9 Å². The van der Waals surface area contributed by atoms with Gasteiger partial charge in [-0.05, 0) is 54.4 Å². The van der Waals surface area contributed by atoms with E-state index in [0.717, 1.165) is 15.6 Å². The first-order chi connectivity index (χ1) is 14.1. The van der Waals surface area contributed by atoms with E-state index in [-0.39, 0.29) is 18.2 Å². The van der Waals surface area contributed by atoms with Crippen LogP contribution in [0.3, 0.4) is 0 Å². The Morgan fingerprint density at radius 1 is 0.966 bits per heavy atom. The van der Waals surface area contributed by atoms with Crippen molar-refractivity contribution in [1.82, 2.24) is 5.32 Å². The van der Waals surface area contributed by atoms with Crippen molar-refractivity contribution in [2.24, 2.45) is 0 Å². The van der Waals surface area contributed by atoms with E-state index in [0.29, 0.717) is 36.6 Å². The average molecular weight is 462 g/mol. The molecule has 29 heavy (non-hydrogen) atoms. The van der Waals surface area contributed by atoms with Gasteiger partial charge in [-0.25, -0.2) is 8.78 Å². The van der Waals surface area contributed by atoms with Crippen LogP contribution >= 0.6 is 15.9 Å². The van der Waals surface area contributed by atoms with E-state index in [4.69, 9.17) is 9.47 Å². The maximum Gasteiger partial charge on any atom is 0.167 e. The largest absolute Gasteiger partial charge is 0.493 e. The summed E-state index contributed by atoms with van der Waals surface area (Å²) in [5, 5.41) is 3.33. The van der Waals surface area contributed by atoms with Crippen molar-refractivity contribution < 1.29 is 18.3 Å². The normalized spacial score (nSPS) is 10.8. The molecule has 0 fully saturated rings. The van der Waals surface area contributed by atoms with Gasteiger partial charge in [-0.3, -0.25) is 0 Å². The predicted octanol–water partition coefficient (Wildman–Crippen LogP) is 5.65. The van der Waals surface area contributed by atoms with E-state index in [1.807, 2.05) is 18.2 Å². The van der Waals surface area contributed by atoms with Crippen LogP contribution in [-0.4, -0.2) is 13.7 Å².